The summed E-state index contributed by atoms with van der Waals surface area (Å²) in [7, 11) is 1.67. The van der Waals surface area contributed by atoms with Crippen LogP contribution in [0.1, 0.15) is 19.8 Å². The molecular formula is C20H22N2O2. The number of ether oxygens (including phenoxy) is 2. The van der Waals surface area contributed by atoms with Gasteiger partial charge in [0.15, 0.2) is 0 Å². The zero-order valence-electron chi connectivity index (χ0n) is 14.1. The van der Waals surface area contributed by atoms with Gasteiger partial charge in [-0.25, -0.2) is 0 Å². The lowest BCUT2D eigenvalue weighted by atomic mass is 10.1. The molecule has 0 radical (unpaired) electrons. The molecule has 0 aliphatic rings. The molecule has 0 fully saturated rings. The largest absolute Gasteiger partial charge is 0.497 e. The van der Waals surface area contributed by atoms with Crippen LogP contribution in [0.15, 0.2) is 54.7 Å². The normalized spacial score (nSPS) is 10.6. The van der Waals surface area contributed by atoms with E-state index in [1.165, 1.54) is 0 Å². The van der Waals surface area contributed by atoms with Crippen LogP contribution in [0.4, 0.5) is 11.4 Å². The molecule has 0 unspecified atom stereocenters. The highest BCUT2D eigenvalue weighted by Gasteiger charge is 2.05. The molecule has 4 heteroatoms. The third-order valence-corrected chi connectivity index (χ3v) is 3.83. The monoisotopic (exact) mass is 322 g/mol. The van der Waals surface area contributed by atoms with Crippen molar-refractivity contribution in [3.8, 4) is 11.5 Å². The van der Waals surface area contributed by atoms with Gasteiger partial charge in [0.05, 0.1) is 19.2 Å². The lowest BCUT2D eigenvalue weighted by molar-refractivity contribution is 0.310. The smallest absolute Gasteiger partial charge is 0.121 e. The van der Waals surface area contributed by atoms with Crippen molar-refractivity contribution < 1.29 is 9.47 Å². The minimum atomic E-state index is 0.740. The number of hydrogen-bond donors (Lipinski definition) is 1. The Morgan fingerprint density at radius 3 is 2.79 bits per heavy atom. The number of rotatable bonds is 7. The zero-order chi connectivity index (χ0) is 16.8. The van der Waals surface area contributed by atoms with Gasteiger partial charge in [0, 0.05) is 35.1 Å². The maximum atomic E-state index is 5.77. The summed E-state index contributed by atoms with van der Waals surface area (Å²) in [4.78, 5) is 4.46. The zero-order valence-corrected chi connectivity index (χ0v) is 14.1. The fourth-order valence-corrected chi connectivity index (χ4v) is 2.52. The molecule has 0 aliphatic heterocycles. The van der Waals surface area contributed by atoms with Gasteiger partial charge in [-0.3, -0.25) is 4.98 Å². The van der Waals surface area contributed by atoms with E-state index in [2.05, 4.69) is 17.2 Å². The first kappa shape index (κ1) is 16.1. The van der Waals surface area contributed by atoms with E-state index in [0.29, 0.717) is 0 Å². The minimum absolute atomic E-state index is 0.740. The predicted octanol–water partition coefficient (Wildman–Crippen LogP) is 5.17. The van der Waals surface area contributed by atoms with Gasteiger partial charge in [0.1, 0.15) is 11.5 Å². The number of fused-ring (bicyclic) bond motifs is 1. The van der Waals surface area contributed by atoms with Gasteiger partial charge in [0.25, 0.3) is 0 Å². The summed E-state index contributed by atoms with van der Waals surface area (Å²) >= 11 is 0. The predicted molar refractivity (Wildman–Crippen MR) is 98.4 cm³/mol. The number of nitrogens with zero attached hydrogens (tertiary/aromatic N) is 1. The highest BCUT2D eigenvalue weighted by Crippen LogP contribution is 2.29. The second-order valence-electron chi connectivity index (χ2n) is 5.60. The second-order valence-corrected chi connectivity index (χ2v) is 5.60. The fourth-order valence-electron chi connectivity index (χ4n) is 2.52. The van der Waals surface area contributed by atoms with Gasteiger partial charge in [-0.15, -0.1) is 0 Å². The number of nitrogens with one attached hydrogen (secondary N) is 1. The van der Waals surface area contributed by atoms with Crippen LogP contribution in [-0.4, -0.2) is 18.7 Å². The quantitative estimate of drug-likeness (QED) is 0.610. The highest BCUT2D eigenvalue weighted by molar-refractivity contribution is 5.93. The first-order valence-corrected chi connectivity index (χ1v) is 8.23. The number of hydrogen-bond acceptors (Lipinski definition) is 4. The van der Waals surface area contributed by atoms with Crippen molar-refractivity contribution in [1.82, 2.24) is 4.98 Å². The van der Waals surface area contributed by atoms with Crippen molar-refractivity contribution in [2.24, 2.45) is 0 Å². The van der Waals surface area contributed by atoms with E-state index in [0.717, 1.165) is 53.2 Å². The Balaban J connectivity index is 1.85. The van der Waals surface area contributed by atoms with Crippen LogP contribution in [0.25, 0.3) is 10.9 Å². The minimum Gasteiger partial charge on any atom is -0.497 e. The number of anilines is 2. The Morgan fingerprint density at radius 2 is 1.96 bits per heavy atom. The summed E-state index contributed by atoms with van der Waals surface area (Å²) in [6.45, 7) is 2.89. The van der Waals surface area contributed by atoms with E-state index in [1.807, 2.05) is 48.5 Å². The van der Waals surface area contributed by atoms with Crippen molar-refractivity contribution in [3.05, 3.63) is 54.7 Å². The molecule has 0 aliphatic carbocycles. The van der Waals surface area contributed by atoms with E-state index in [4.69, 9.17) is 9.47 Å². The summed E-state index contributed by atoms with van der Waals surface area (Å²) in [5.74, 6) is 1.69. The summed E-state index contributed by atoms with van der Waals surface area (Å²) in [5, 5.41) is 4.49. The van der Waals surface area contributed by atoms with Crippen LogP contribution in [0, 0.1) is 0 Å². The summed E-state index contributed by atoms with van der Waals surface area (Å²) in [6.07, 6.45) is 3.99. The SMILES string of the molecule is CCCCOc1ccc2c(Nc3cccc(OC)c3)ccnc2c1. The number of methoxy groups -OCH3 is 1. The summed E-state index contributed by atoms with van der Waals surface area (Å²) < 4.78 is 11.0. The van der Waals surface area contributed by atoms with Crippen LogP contribution in [0.3, 0.4) is 0 Å². The Hall–Kier alpha value is -2.75. The van der Waals surface area contributed by atoms with Crippen molar-refractivity contribution >= 4 is 22.3 Å². The summed E-state index contributed by atoms with van der Waals surface area (Å²) in [5.41, 5.74) is 2.90. The Labute approximate surface area is 142 Å². The lowest BCUT2D eigenvalue weighted by Crippen LogP contribution is -1.97. The molecule has 0 saturated carbocycles. The molecule has 124 valence electrons. The molecule has 0 amide bonds. The van der Waals surface area contributed by atoms with Gasteiger partial charge >= 0.3 is 0 Å². The van der Waals surface area contributed by atoms with Gasteiger partial charge in [0.2, 0.25) is 0 Å². The van der Waals surface area contributed by atoms with Crippen LogP contribution in [0.2, 0.25) is 0 Å². The molecule has 2 aromatic carbocycles. The number of aromatic nitrogens is 1. The van der Waals surface area contributed by atoms with E-state index < -0.39 is 0 Å². The first-order chi connectivity index (χ1) is 11.8. The molecule has 1 aromatic heterocycles. The second kappa shape index (κ2) is 7.68. The molecule has 3 aromatic rings. The summed E-state index contributed by atoms with van der Waals surface area (Å²) in [6, 6.07) is 15.9. The number of pyridine rings is 1. The molecule has 0 spiro atoms. The van der Waals surface area contributed by atoms with Crippen molar-refractivity contribution in [2.45, 2.75) is 19.8 Å². The van der Waals surface area contributed by atoms with Gasteiger partial charge < -0.3 is 14.8 Å². The Kier molecular flexibility index (Phi) is 5.16. The topological polar surface area (TPSA) is 43.4 Å². The molecule has 3 rings (SSSR count). The average molecular weight is 322 g/mol. The van der Waals surface area contributed by atoms with Crippen molar-refractivity contribution in [3.63, 3.8) is 0 Å². The standard InChI is InChI=1S/C20H22N2O2/c1-3-4-12-24-17-8-9-18-19(10-11-21-20(18)14-17)22-15-6-5-7-16(13-15)23-2/h5-11,13-14H,3-4,12H2,1-2H3,(H,21,22). The first-order valence-electron chi connectivity index (χ1n) is 8.23. The number of unbranched alkanes of at least 4 members (excludes halogenated alkanes) is 1. The molecule has 0 saturated heterocycles. The molecule has 0 atom stereocenters. The van der Waals surface area contributed by atoms with Crippen LogP contribution >= 0.6 is 0 Å². The van der Waals surface area contributed by atoms with Crippen molar-refractivity contribution in [2.75, 3.05) is 19.0 Å². The fraction of sp³-hybridized carbons (Fsp3) is 0.250. The van der Waals surface area contributed by atoms with Gasteiger partial charge in [-0.05, 0) is 36.8 Å². The molecule has 1 N–H and O–H groups in total. The Bertz CT molecular complexity index is 818. The lowest BCUT2D eigenvalue weighted by Gasteiger charge is -2.12. The third kappa shape index (κ3) is 3.77. The van der Waals surface area contributed by atoms with E-state index >= 15 is 0 Å². The molecule has 1 heterocycles. The highest BCUT2D eigenvalue weighted by atomic mass is 16.5. The van der Waals surface area contributed by atoms with Crippen molar-refractivity contribution in [1.29, 1.82) is 0 Å². The van der Waals surface area contributed by atoms with Crippen LogP contribution < -0.4 is 14.8 Å². The van der Waals surface area contributed by atoms with E-state index in [9.17, 15) is 0 Å². The molecular weight excluding hydrogens is 300 g/mol. The van der Waals surface area contributed by atoms with Crippen LogP contribution in [0.5, 0.6) is 11.5 Å². The maximum Gasteiger partial charge on any atom is 0.121 e. The third-order valence-electron chi connectivity index (χ3n) is 3.83. The van der Waals surface area contributed by atoms with Gasteiger partial charge in [-0.2, -0.15) is 0 Å². The van der Waals surface area contributed by atoms with E-state index in [1.54, 1.807) is 13.3 Å². The Morgan fingerprint density at radius 1 is 1.04 bits per heavy atom. The maximum absolute atomic E-state index is 5.77. The van der Waals surface area contributed by atoms with Crippen LogP contribution in [-0.2, 0) is 0 Å². The average Bonchev–Trinajstić information content (AvgIpc) is 2.62. The number of benzene rings is 2. The van der Waals surface area contributed by atoms with E-state index in [-0.39, 0.29) is 0 Å². The molecule has 0 bridgehead atoms. The molecule has 4 nitrogen and oxygen atoms in total. The van der Waals surface area contributed by atoms with Gasteiger partial charge in [-0.1, -0.05) is 19.4 Å². The molecule has 24 heavy (non-hydrogen) atoms.